The maximum absolute atomic E-state index is 11.0. The zero-order valence-electron chi connectivity index (χ0n) is 10.5. The molecule has 98 valence electrons. The first-order valence-corrected chi connectivity index (χ1v) is 5.87. The van der Waals surface area contributed by atoms with Crippen molar-refractivity contribution in [3.8, 4) is 5.75 Å². The normalized spacial score (nSPS) is 19.8. The lowest BCUT2D eigenvalue weighted by Crippen LogP contribution is -2.23. The summed E-state index contributed by atoms with van der Waals surface area (Å²) in [6.07, 6.45) is 0.991. The van der Waals surface area contributed by atoms with Gasteiger partial charge in [-0.15, -0.1) is 0 Å². The smallest absolute Gasteiger partial charge is 0.292 e. The van der Waals surface area contributed by atoms with E-state index in [1.54, 1.807) is 19.2 Å². The number of hydrogen-bond acceptors (Lipinski definition) is 5. The van der Waals surface area contributed by atoms with E-state index in [-0.39, 0.29) is 16.7 Å². The number of hydrogen-bond donors (Lipinski definition) is 1. The molecule has 0 amide bonds. The van der Waals surface area contributed by atoms with Crippen molar-refractivity contribution in [1.29, 1.82) is 0 Å². The van der Waals surface area contributed by atoms with Crippen LogP contribution in [0, 0.1) is 10.1 Å². The molecule has 1 N–H and O–H groups in total. The second-order valence-corrected chi connectivity index (χ2v) is 4.53. The third kappa shape index (κ3) is 2.70. The van der Waals surface area contributed by atoms with Crippen molar-refractivity contribution in [3.05, 3.63) is 28.3 Å². The lowest BCUT2D eigenvalue weighted by Gasteiger charge is -2.15. The Balaban J connectivity index is 2.21. The second kappa shape index (κ2) is 5.22. The molecule has 1 atom stereocenters. The first-order valence-electron chi connectivity index (χ1n) is 5.87. The third-order valence-corrected chi connectivity index (χ3v) is 3.15. The molecular formula is C12H17N3O3. The fourth-order valence-electron chi connectivity index (χ4n) is 2.19. The third-order valence-electron chi connectivity index (χ3n) is 3.15. The predicted molar refractivity (Wildman–Crippen MR) is 69.2 cm³/mol. The molecule has 1 aromatic carbocycles. The minimum Gasteiger partial charge on any atom is -0.497 e. The molecule has 18 heavy (non-hydrogen) atoms. The SMILES string of the molecule is COc1ccc([N+](=O)[O-])c(NC2CCN(C)C2)c1. The molecule has 1 unspecified atom stereocenters. The molecule has 6 heteroatoms. The number of benzene rings is 1. The fourth-order valence-corrected chi connectivity index (χ4v) is 2.19. The van der Waals surface area contributed by atoms with Gasteiger partial charge in [0.2, 0.25) is 0 Å². The van der Waals surface area contributed by atoms with Gasteiger partial charge in [-0.05, 0) is 26.1 Å². The Bertz CT molecular complexity index is 450. The quantitative estimate of drug-likeness (QED) is 0.652. The number of rotatable bonds is 4. The van der Waals surface area contributed by atoms with Crippen LogP contribution in [0.1, 0.15) is 6.42 Å². The second-order valence-electron chi connectivity index (χ2n) is 4.53. The van der Waals surface area contributed by atoms with Crippen molar-refractivity contribution in [1.82, 2.24) is 4.90 Å². The first-order chi connectivity index (χ1) is 8.60. The summed E-state index contributed by atoms with van der Waals surface area (Å²) in [4.78, 5) is 12.8. The van der Waals surface area contributed by atoms with Gasteiger partial charge < -0.3 is 15.0 Å². The van der Waals surface area contributed by atoms with E-state index in [1.807, 2.05) is 7.05 Å². The fraction of sp³-hybridized carbons (Fsp3) is 0.500. The molecule has 1 fully saturated rings. The van der Waals surface area contributed by atoms with E-state index in [1.165, 1.54) is 6.07 Å². The largest absolute Gasteiger partial charge is 0.497 e. The van der Waals surface area contributed by atoms with E-state index in [4.69, 9.17) is 4.74 Å². The number of likely N-dealkylation sites (N-methyl/N-ethyl adjacent to an activating group) is 1. The van der Waals surface area contributed by atoms with Crippen molar-refractivity contribution >= 4 is 11.4 Å². The Kier molecular flexibility index (Phi) is 3.66. The number of likely N-dealkylation sites (tertiary alicyclic amines) is 1. The van der Waals surface area contributed by atoms with Crippen LogP contribution in [-0.4, -0.2) is 43.1 Å². The van der Waals surface area contributed by atoms with Crippen LogP contribution in [0.2, 0.25) is 0 Å². The van der Waals surface area contributed by atoms with Crippen molar-refractivity contribution in [2.75, 3.05) is 32.6 Å². The Morgan fingerprint density at radius 3 is 2.89 bits per heavy atom. The molecular weight excluding hydrogens is 234 g/mol. The number of anilines is 1. The highest BCUT2D eigenvalue weighted by Crippen LogP contribution is 2.30. The summed E-state index contributed by atoms with van der Waals surface area (Å²) in [5.41, 5.74) is 0.616. The molecule has 2 rings (SSSR count). The highest BCUT2D eigenvalue weighted by atomic mass is 16.6. The van der Waals surface area contributed by atoms with Gasteiger partial charge in [-0.1, -0.05) is 0 Å². The number of methoxy groups -OCH3 is 1. The van der Waals surface area contributed by atoms with E-state index < -0.39 is 0 Å². The van der Waals surface area contributed by atoms with Gasteiger partial charge in [0, 0.05) is 24.7 Å². The summed E-state index contributed by atoms with van der Waals surface area (Å²) in [5, 5.41) is 14.2. The van der Waals surface area contributed by atoms with Crippen LogP contribution in [0.5, 0.6) is 5.75 Å². The van der Waals surface area contributed by atoms with Crippen LogP contribution in [0.3, 0.4) is 0 Å². The van der Waals surface area contributed by atoms with Crippen molar-refractivity contribution in [3.63, 3.8) is 0 Å². The van der Waals surface area contributed by atoms with Gasteiger partial charge in [-0.2, -0.15) is 0 Å². The number of ether oxygens (including phenoxy) is 1. The molecule has 0 aromatic heterocycles. The standard InChI is InChI=1S/C12H17N3O3/c1-14-6-5-9(8-14)13-11-7-10(18-2)3-4-12(11)15(16)17/h3-4,7,9,13H,5-6,8H2,1-2H3. The summed E-state index contributed by atoms with van der Waals surface area (Å²) in [6, 6.07) is 5.00. The lowest BCUT2D eigenvalue weighted by molar-refractivity contribution is -0.384. The van der Waals surface area contributed by atoms with E-state index in [0.717, 1.165) is 19.5 Å². The summed E-state index contributed by atoms with van der Waals surface area (Å²) >= 11 is 0. The maximum Gasteiger partial charge on any atom is 0.292 e. The predicted octanol–water partition coefficient (Wildman–Crippen LogP) is 1.72. The summed E-state index contributed by atoms with van der Waals surface area (Å²) in [6.45, 7) is 1.91. The molecule has 6 nitrogen and oxygen atoms in total. The minimum atomic E-state index is -0.375. The lowest BCUT2D eigenvalue weighted by atomic mass is 10.2. The van der Waals surface area contributed by atoms with Crippen LogP contribution in [0.15, 0.2) is 18.2 Å². The topological polar surface area (TPSA) is 67.6 Å². The van der Waals surface area contributed by atoms with Crippen LogP contribution >= 0.6 is 0 Å². The van der Waals surface area contributed by atoms with Gasteiger partial charge in [0.05, 0.1) is 12.0 Å². The van der Waals surface area contributed by atoms with Crippen LogP contribution in [0.4, 0.5) is 11.4 Å². The van der Waals surface area contributed by atoms with Crippen LogP contribution in [-0.2, 0) is 0 Å². The van der Waals surface area contributed by atoms with E-state index in [2.05, 4.69) is 10.2 Å². The number of nitro groups is 1. The summed E-state index contributed by atoms with van der Waals surface area (Å²) in [5.74, 6) is 0.620. The molecule has 0 radical (unpaired) electrons. The van der Waals surface area contributed by atoms with E-state index in [0.29, 0.717) is 11.4 Å². The Morgan fingerprint density at radius 1 is 1.56 bits per heavy atom. The molecule has 1 aliphatic heterocycles. The van der Waals surface area contributed by atoms with E-state index in [9.17, 15) is 10.1 Å². The molecule has 0 aliphatic carbocycles. The summed E-state index contributed by atoms with van der Waals surface area (Å²) in [7, 11) is 3.59. The Morgan fingerprint density at radius 2 is 2.33 bits per heavy atom. The Labute approximate surface area is 106 Å². The highest BCUT2D eigenvalue weighted by molar-refractivity contribution is 5.64. The maximum atomic E-state index is 11.0. The molecule has 1 heterocycles. The molecule has 0 bridgehead atoms. The van der Waals surface area contributed by atoms with Crippen LogP contribution in [0.25, 0.3) is 0 Å². The molecule has 1 saturated heterocycles. The zero-order valence-corrected chi connectivity index (χ0v) is 10.5. The van der Waals surface area contributed by atoms with Gasteiger partial charge in [-0.3, -0.25) is 10.1 Å². The van der Waals surface area contributed by atoms with Crippen LogP contribution < -0.4 is 10.1 Å². The van der Waals surface area contributed by atoms with Crippen molar-refractivity contribution in [2.45, 2.75) is 12.5 Å². The van der Waals surface area contributed by atoms with Gasteiger partial charge >= 0.3 is 0 Å². The van der Waals surface area contributed by atoms with Gasteiger partial charge in [0.1, 0.15) is 11.4 Å². The highest BCUT2D eigenvalue weighted by Gasteiger charge is 2.23. The number of nitrogens with one attached hydrogen (secondary N) is 1. The van der Waals surface area contributed by atoms with Crippen molar-refractivity contribution in [2.24, 2.45) is 0 Å². The molecule has 0 spiro atoms. The average Bonchev–Trinajstić information content (AvgIpc) is 2.74. The van der Waals surface area contributed by atoms with E-state index >= 15 is 0 Å². The van der Waals surface area contributed by atoms with Gasteiger partial charge in [0.15, 0.2) is 0 Å². The van der Waals surface area contributed by atoms with Gasteiger partial charge in [0.25, 0.3) is 5.69 Å². The first kappa shape index (κ1) is 12.6. The zero-order chi connectivity index (χ0) is 13.1. The van der Waals surface area contributed by atoms with Gasteiger partial charge in [-0.25, -0.2) is 0 Å². The molecule has 0 saturated carbocycles. The molecule has 1 aromatic rings. The average molecular weight is 251 g/mol. The van der Waals surface area contributed by atoms with Crippen molar-refractivity contribution < 1.29 is 9.66 Å². The monoisotopic (exact) mass is 251 g/mol. The minimum absolute atomic E-state index is 0.0883. The molecule has 1 aliphatic rings. The number of nitrogens with zero attached hydrogens (tertiary/aromatic N) is 2. The number of nitro benzene ring substituents is 1. The summed E-state index contributed by atoms with van der Waals surface area (Å²) < 4.78 is 5.10. The Hall–Kier alpha value is -1.82.